The lowest BCUT2D eigenvalue weighted by Gasteiger charge is -2.21. The summed E-state index contributed by atoms with van der Waals surface area (Å²) in [5, 5.41) is 14.7. The van der Waals surface area contributed by atoms with E-state index < -0.39 is 0 Å². The second-order valence-corrected chi connectivity index (χ2v) is 17.2. The summed E-state index contributed by atoms with van der Waals surface area (Å²) in [6.45, 7) is 11.4. The van der Waals surface area contributed by atoms with E-state index in [1.807, 2.05) is 43.3 Å². The first-order valence-electron chi connectivity index (χ1n) is 22.5. The van der Waals surface area contributed by atoms with E-state index in [4.69, 9.17) is 0 Å². The maximum atomic E-state index is 10.3. The van der Waals surface area contributed by atoms with Gasteiger partial charge in [-0.1, -0.05) is 182 Å². The first-order chi connectivity index (χ1) is 33.0. The van der Waals surface area contributed by atoms with E-state index in [1.165, 1.54) is 0 Å². The summed E-state index contributed by atoms with van der Waals surface area (Å²) in [6.07, 6.45) is 0. The van der Waals surface area contributed by atoms with Gasteiger partial charge in [-0.15, -0.1) is 0 Å². The molecule has 2 heterocycles. The van der Waals surface area contributed by atoms with Gasteiger partial charge in [-0.05, 0) is 111 Å². The highest BCUT2D eigenvalue weighted by Gasteiger charge is 2.26. The summed E-state index contributed by atoms with van der Waals surface area (Å²) < 4.78 is 4.63. The molecule has 0 radical (unpaired) electrons. The molecule has 0 fully saturated rings. The first kappa shape index (κ1) is 39.4. The largest absolute Gasteiger partial charge is 0.319 e. The fourth-order valence-corrected chi connectivity index (χ4v) is 10.1. The molecular weight excluding hydrogens is 813 g/mol. The number of hydrogen-bond acceptors (Lipinski definition) is 1. The molecule has 0 spiro atoms. The van der Waals surface area contributed by atoms with Gasteiger partial charge in [0.05, 0.1) is 51.6 Å². The fraction of sp³-hybridized carbons (Fsp3) is 0.0159. The van der Waals surface area contributed by atoms with Crippen LogP contribution in [0.1, 0.15) is 11.1 Å². The smallest absolute Gasteiger partial charge is 0.234 e. The Morgan fingerprint density at radius 2 is 0.776 bits per heavy atom. The minimum atomic E-state index is 0.501. The lowest BCUT2D eigenvalue weighted by atomic mass is 9.97. The summed E-state index contributed by atoms with van der Waals surface area (Å²) in [4.78, 5) is 4.63. The highest BCUT2D eigenvalue weighted by atomic mass is 15.1. The lowest BCUT2D eigenvalue weighted by Crippen LogP contribution is -2.03. The maximum Gasteiger partial charge on any atom is 0.234 e. The van der Waals surface area contributed by atoms with Crippen molar-refractivity contribution in [3.05, 3.63) is 247 Å². The molecule has 0 atom stereocenters. The quantitative estimate of drug-likeness (QED) is 0.147. The van der Waals surface area contributed by atoms with E-state index in [0.717, 1.165) is 116 Å². The minimum absolute atomic E-state index is 0.501. The summed E-state index contributed by atoms with van der Waals surface area (Å²) >= 11 is 0. The van der Waals surface area contributed by atoms with Crippen LogP contribution in [0.4, 0.5) is 5.69 Å². The summed E-state index contributed by atoms with van der Waals surface area (Å²) in [7, 11) is 0. The highest BCUT2D eigenvalue weighted by molar-refractivity contribution is 6.14. The Morgan fingerprint density at radius 1 is 0.388 bits per heavy atom. The predicted molar refractivity (Wildman–Crippen MR) is 278 cm³/mol. The number of nitriles is 1. The van der Waals surface area contributed by atoms with Gasteiger partial charge in [0.1, 0.15) is 0 Å². The molecule has 0 amide bonds. The van der Waals surface area contributed by atoms with Crippen LogP contribution in [-0.4, -0.2) is 9.13 Å². The van der Waals surface area contributed by atoms with E-state index in [9.17, 15) is 11.8 Å². The van der Waals surface area contributed by atoms with Crippen molar-refractivity contribution in [2.75, 3.05) is 0 Å². The zero-order chi connectivity index (χ0) is 45.0. The molecule has 10 aromatic carbocycles. The molecule has 0 aliphatic carbocycles. The molecule has 2 aromatic heterocycles. The molecule has 12 rings (SSSR count). The van der Waals surface area contributed by atoms with Gasteiger partial charge in [-0.25, -0.2) is 4.85 Å². The third-order valence-corrected chi connectivity index (χ3v) is 13.2. The van der Waals surface area contributed by atoms with Crippen molar-refractivity contribution in [3.63, 3.8) is 0 Å². The number of rotatable bonds is 7. The highest BCUT2D eigenvalue weighted by Crippen LogP contribution is 2.48. The average Bonchev–Trinajstić information content (AvgIpc) is 3.89. The monoisotopic (exact) mass is 852 g/mol. The molecule has 4 heteroatoms. The zero-order valence-corrected chi connectivity index (χ0v) is 36.7. The van der Waals surface area contributed by atoms with E-state index in [0.29, 0.717) is 11.3 Å². The van der Waals surface area contributed by atoms with Crippen LogP contribution in [-0.2, 0) is 0 Å². The summed E-state index contributed by atoms with van der Waals surface area (Å²) in [5.74, 6) is 0. The standard InChI is InChI=1S/C63H40N4/c1-41-33-42(40-64)35-51(34-41)52-31-32-57(66-58-36-47(43-15-7-3-8-16-43)23-27-53(58)54-28-24-48(37-59(54)66)44-17-9-4-10-18-44)62(65-2)63(52)67-60-38-49(45-19-11-5-12-20-45)25-29-55(60)56-30-26-50(39-61(56)67)46-21-13-6-14-22-46/h3-39H,1H3. The molecule has 0 unspecified atom stereocenters. The number of aromatic nitrogens is 2. The van der Waals surface area contributed by atoms with Crippen molar-refractivity contribution in [2.24, 2.45) is 0 Å². The number of hydrogen-bond donors (Lipinski definition) is 0. The Hall–Kier alpha value is -9.22. The van der Waals surface area contributed by atoms with E-state index >= 15 is 0 Å². The Kier molecular flexibility index (Phi) is 9.46. The molecule has 4 nitrogen and oxygen atoms in total. The van der Waals surface area contributed by atoms with Crippen molar-refractivity contribution in [2.45, 2.75) is 6.92 Å². The Balaban J connectivity index is 1.25. The van der Waals surface area contributed by atoms with Gasteiger partial charge in [-0.3, -0.25) is 0 Å². The van der Waals surface area contributed by atoms with Crippen molar-refractivity contribution < 1.29 is 0 Å². The normalized spacial score (nSPS) is 11.3. The van der Waals surface area contributed by atoms with Crippen LogP contribution in [0.5, 0.6) is 0 Å². The number of aryl methyl sites for hydroxylation is 1. The van der Waals surface area contributed by atoms with Gasteiger partial charge in [0.25, 0.3) is 0 Å². The average molecular weight is 853 g/mol. The third kappa shape index (κ3) is 6.67. The predicted octanol–water partition coefficient (Wildman–Crippen LogP) is 16.9. The first-order valence-corrected chi connectivity index (χ1v) is 22.5. The molecule has 67 heavy (non-hydrogen) atoms. The second-order valence-electron chi connectivity index (χ2n) is 17.2. The van der Waals surface area contributed by atoms with Crippen LogP contribution < -0.4 is 0 Å². The van der Waals surface area contributed by atoms with Gasteiger partial charge >= 0.3 is 0 Å². The Morgan fingerprint density at radius 3 is 1.15 bits per heavy atom. The van der Waals surface area contributed by atoms with Gasteiger partial charge < -0.3 is 9.13 Å². The SMILES string of the molecule is [C-]#[N+]c1c(-n2c3cc(-c4ccccc4)ccc3c3ccc(-c4ccccc4)cc32)ccc(-c2cc(C)cc(C#N)c2)c1-n1c2cc(-c3ccccc3)ccc2c2ccc(-c3ccccc3)cc21. The molecule has 0 saturated carbocycles. The minimum Gasteiger partial charge on any atom is -0.319 e. The van der Waals surface area contributed by atoms with E-state index in [-0.39, 0.29) is 0 Å². The van der Waals surface area contributed by atoms with Gasteiger partial charge in [0.15, 0.2) is 0 Å². The number of nitrogens with zero attached hydrogens (tertiary/aromatic N) is 4. The summed E-state index contributed by atoms with van der Waals surface area (Å²) in [6, 6.07) is 81.4. The van der Waals surface area contributed by atoms with Crippen LogP contribution >= 0.6 is 0 Å². The summed E-state index contributed by atoms with van der Waals surface area (Å²) in [5.41, 5.74) is 18.1. The third-order valence-electron chi connectivity index (χ3n) is 13.2. The molecule has 0 aliphatic rings. The molecule has 0 saturated heterocycles. The van der Waals surface area contributed by atoms with Gasteiger partial charge in [0.2, 0.25) is 5.69 Å². The zero-order valence-electron chi connectivity index (χ0n) is 36.7. The van der Waals surface area contributed by atoms with Crippen molar-refractivity contribution in [1.29, 1.82) is 5.26 Å². The fourth-order valence-electron chi connectivity index (χ4n) is 10.1. The van der Waals surface area contributed by atoms with Crippen LogP contribution in [0.3, 0.4) is 0 Å². The number of benzene rings is 10. The van der Waals surface area contributed by atoms with E-state index in [2.05, 4.69) is 208 Å². The van der Waals surface area contributed by atoms with E-state index in [1.54, 1.807) is 0 Å². The van der Waals surface area contributed by atoms with Crippen molar-refractivity contribution in [1.82, 2.24) is 9.13 Å². The van der Waals surface area contributed by atoms with Gasteiger partial charge in [0, 0.05) is 21.5 Å². The number of fused-ring (bicyclic) bond motifs is 6. The molecule has 0 bridgehead atoms. The van der Waals surface area contributed by atoms with Crippen LogP contribution in [0.25, 0.3) is 115 Å². The Bertz CT molecular complexity index is 3790. The molecule has 312 valence electrons. The molecule has 0 aliphatic heterocycles. The molecular formula is C63H40N4. The van der Waals surface area contributed by atoms with Gasteiger partial charge in [-0.2, -0.15) is 5.26 Å². The molecule has 0 N–H and O–H groups in total. The molecule has 12 aromatic rings. The van der Waals surface area contributed by atoms with Crippen LogP contribution in [0.15, 0.2) is 224 Å². The van der Waals surface area contributed by atoms with Crippen LogP contribution in [0, 0.1) is 24.8 Å². The Labute approximate surface area is 388 Å². The van der Waals surface area contributed by atoms with Crippen molar-refractivity contribution in [3.8, 4) is 73.1 Å². The second kappa shape index (κ2) is 16.1. The maximum absolute atomic E-state index is 10.3. The topological polar surface area (TPSA) is 38.0 Å². The van der Waals surface area contributed by atoms with Crippen molar-refractivity contribution >= 4 is 49.3 Å². The lowest BCUT2D eigenvalue weighted by molar-refractivity contribution is 1.15. The van der Waals surface area contributed by atoms with Crippen LogP contribution in [0.2, 0.25) is 0 Å².